The molecule has 0 bridgehead atoms. The number of nitrogens with one attached hydrogen (secondary N) is 1. The number of aromatic nitrogens is 6. The standard InChI is InChI=1S/C42H46N10O9S2/c1-59-34-10-4-29(5-11-34)23-51(24-30-6-12-35(60-2)13-7-30)63(57,58)40-38(62(55,56)46-32-18-19-49(26-32)42(53)54)17-16-37(48-20-21-50-28-43-22-33(50)27-48)39(40)41-44-47-52(45-41)25-31-8-14-36(61-3)15-9-31/h4-17,22,28,32,46H,18-21,23-27H2,1-3H3,(H,53,54)/t32-/m1/s1. The van der Waals surface area contributed by atoms with Crippen LogP contribution in [0, 0.1) is 0 Å². The van der Waals surface area contributed by atoms with E-state index in [2.05, 4.69) is 20.0 Å². The molecular formula is C42H46N10O9S2. The molecule has 0 radical (unpaired) electrons. The van der Waals surface area contributed by atoms with Crippen molar-refractivity contribution in [2.75, 3.05) is 45.9 Å². The number of nitrogens with zero attached hydrogens (tertiary/aromatic N) is 9. The lowest BCUT2D eigenvalue weighted by Crippen LogP contribution is -2.40. The number of ether oxygens (including phenoxy) is 3. The number of imidazole rings is 1. The number of hydrogen-bond acceptors (Lipinski definition) is 13. The van der Waals surface area contributed by atoms with E-state index < -0.39 is 42.0 Å². The van der Waals surface area contributed by atoms with Gasteiger partial charge < -0.3 is 33.7 Å². The van der Waals surface area contributed by atoms with Crippen LogP contribution in [0.15, 0.2) is 107 Å². The third-order valence-electron chi connectivity index (χ3n) is 11.1. The van der Waals surface area contributed by atoms with Gasteiger partial charge in [-0.2, -0.15) is 9.10 Å². The highest BCUT2D eigenvalue weighted by Crippen LogP contribution is 2.42. The van der Waals surface area contributed by atoms with Gasteiger partial charge in [-0.1, -0.05) is 36.4 Å². The van der Waals surface area contributed by atoms with Gasteiger partial charge in [-0.15, -0.1) is 10.2 Å². The Kier molecular flexibility index (Phi) is 12.3. The number of likely N-dealkylation sites (tertiary alicyclic amines) is 1. The maximum atomic E-state index is 15.9. The van der Waals surface area contributed by atoms with Crippen molar-refractivity contribution in [3.05, 3.63) is 120 Å². The Balaban J connectivity index is 1.33. The Morgan fingerprint density at radius 2 is 1.41 bits per heavy atom. The molecule has 6 aromatic rings. The summed E-state index contributed by atoms with van der Waals surface area (Å²) in [5.41, 5.74) is 3.14. The molecule has 330 valence electrons. The number of amides is 1. The fourth-order valence-corrected chi connectivity index (χ4v) is 11.4. The van der Waals surface area contributed by atoms with E-state index in [1.165, 1.54) is 29.4 Å². The lowest BCUT2D eigenvalue weighted by Gasteiger charge is -2.33. The SMILES string of the molecule is COc1ccc(CN(Cc2ccc(OC)cc2)S(=O)(=O)c2c(S(=O)(=O)N[C@@H]3CCN(C(=O)O)C3)ccc(N3CCn4cncc4C3)c2-c2nnn(Cc3ccc(OC)cc3)n2)cc1. The van der Waals surface area contributed by atoms with Gasteiger partial charge in [0.2, 0.25) is 25.9 Å². The second kappa shape index (κ2) is 18.0. The molecule has 0 aliphatic carbocycles. The smallest absolute Gasteiger partial charge is 0.407 e. The summed E-state index contributed by atoms with van der Waals surface area (Å²) in [6.45, 7) is 1.02. The molecule has 4 heterocycles. The van der Waals surface area contributed by atoms with E-state index in [0.29, 0.717) is 53.7 Å². The van der Waals surface area contributed by atoms with Gasteiger partial charge in [-0.05, 0) is 76.9 Å². The maximum Gasteiger partial charge on any atom is 0.407 e. The van der Waals surface area contributed by atoms with Crippen LogP contribution in [-0.4, -0.2) is 114 Å². The largest absolute Gasteiger partial charge is 0.497 e. The fraction of sp³-hybridized carbons (Fsp3) is 0.310. The van der Waals surface area contributed by atoms with E-state index in [4.69, 9.17) is 19.3 Å². The van der Waals surface area contributed by atoms with Gasteiger partial charge in [-0.25, -0.2) is 31.3 Å². The summed E-state index contributed by atoms with van der Waals surface area (Å²) in [7, 11) is -4.95. The number of hydrogen-bond donors (Lipinski definition) is 2. The summed E-state index contributed by atoms with van der Waals surface area (Å²) in [5, 5.41) is 23.1. The highest BCUT2D eigenvalue weighted by atomic mass is 32.2. The molecule has 2 N–H and O–H groups in total. The van der Waals surface area contributed by atoms with Crippen molar-refractivity contribution in [2.45, 2.75) is 55.0 Å². The third kappa shape index (κ3) is 9.31. The number of benzene rings is 4. The zero-order valence-corrected chi connectivity index (χ0v) is 36.4. The van der Waals surface area contributed by atoms with Gasteiger partial charge in [0, 0.05) is 57.2 Å². The first-order valence-corrected chi connectivity index (χ1v) is 22.9. The molecule has 2 aromatic heterocycles. The first-order valence-electron chi connectivity index (χ1n) is 19.9. The number of anilines is 1. The molecule has 4 aromatic carbocycles. The number of carboxylic acid groups (broad SMARTS) is 1. The van der Waals surface area contributed by atoms with Crippen LogP contribution < -0.4 is 23.8 Å². The number of tetrazole rings is 1. The third-order valence-corrected chi connectivity index (χ3v) is 14.6. The molecular weight excluding hydrogens is 853 g/mol. The lowest BCUT2D eigenvalue weighted by atomic mass is 10.1. The molecule has 19 nitrogen and oxygen atoms in total. The first kappa shape index (κ1) is 43.1. The summed E-state index contributed by atoms with van der Waals surface area (Å²) in [4.78, 5) is 19.4. The highest BCUT2D eigenvalue weighted by Gasteiger charge is 2.40. The first-order chi connectivity index (χ1) is 30.3. The molecule has 2 aliphatic heterocycles. The molecule has 2 aliphatic rings. The van der Waals surface area contributed by atoms with Gasteiger partial charge in [0.15, 0.2) is 0 Å². The average molecular weight is 899 g/mol. The Hall–Kier alpha value is -6.55. The second-order valence-corrected chi connectivity index (χ2v) is 18.6. The van der Waals surface area contributed by atoms with Gasteiger partial charge in [0.05, 0.1) is 52.0 Å². The van der Waals surface area contributed by atoms with Crippen LogP contribution in [0.4, 0.5) is 10.5 Å². The second-order valence-electron chi connectivity index (χ2n) is 15.1. The maximum absolute atomic E-state index is 15.9. The Morgan fingerprint density at radius 3 is 1.98 bits per heavy atom. The molecule has 1 fully saturated rings. The number of methoxy groups -OCH3 is 3. The molecule has 1 amide bonds. The van der Waals surface area contributed by atoms with Gasteiger partial charge in [0.1, 0.15) is 27.0 Å². The monoisotopic (exact) mass is 898 g/mol. The zero-order valence-electron chi connectivity index (χ0n) is 34.7. The van der Waals surface area contributed by atoms with Crippen molar-refractivity contribution < 1.29 is 40.9 Å². The van der Waals surface area contributed by atoms with E-state index in [1.807, 2.05) is 21.6 Å². The predicted molar refractivity (Wildman–Crippen MR) is 229 cm³/mol. The Labute approximate surface area is 364 Å². The average Bonchev–Trinajstić information content (AvgIpc) is 4.08. The van der Waals surface area contributed by atoms with Gasteiger partial charge in [-0.3, -0.25) is 0 Å². The van der Waals surface area contributed by atoms with Crippen LogP contribution in [-0.2, 0) is 52.8 Å². The Bertz CT molecular complexity index is 2750. The number of rotatable bonds is 16. The fourth-order valence-electron chi connectivity index (χ4n) is 7.73. The van der Waals surface area contributed by atoms with Crippen molar-refractivity contribution in [1.82, 2.24) is 43.7 Å². The summed E-state index contributed by atoms with van der Waals surface area (Å²) in [6.07, 6.45) is 2.44. The molecule has 63 heavy (non-hydrogen) atoms. The van der Waals surface area contributed by atoms with Crippen molar-refractivity contribution in [3.63, 3.8) is 0 Å². The molecule has 0 spiro atoms. The molecule has 1 saturated heterocycles. The van der Waals surface area contributed by atoms with Crippen molar-refractivity contribution in [2.24, 2.45) is 0 Å². The number of carbonyl (C=O) groups is 1. The van der Waals surface area contributed by atoms with E-state index >= 15 is 8.42 Å². The summed E-state index contributed by atoms with van der Waals surface area (Å²) < 4.78 is 83.4. The van der Waals surface area contributed by atoms with Crippen molar-refractivity contribution >= 4 is 31.8 Å². The minimum Gasteiger partial charge on any atom is -0.497 e. The molecule has 8 rings (SSSR count). The molecule has 0 saturated carbocycles. The van der Waals surface area contributed by atoms with Crippen molar-refractivity contribution in [1.29, 1.82) is 0 Å². The van der Waals surface area contributed by atoms with Crippen LogP contribution in [0.2, 0.25) is 0 Å². The topological polar surface area (TPSA) is 216 Å². The van der Waals surface area contributed by atoms with Crippen LogP contribution in [0.3, 0.4) is 0 Å². The number of fused-ring (bicyclic) bond motifs is 1. The van der Waals surface area contributed by atoms with Crippen LogP contribution in [0.5, 0.6) is 17.2 Å². The predicted octanol–water partition coefficient (Wildman–Crippen LogP) is 4.05. The minimum absolute atomic E-state index is 0.0696. The van der Waals surface area contributed by atoms with Gasteiger partial charge >= 0.3 is 6.09 Å². The molecule has 21 heteroatoms. The van der Waals surface area contributed by atoms with Gasteiger partial charge in [0.25, 0.3) is 0 Å². The minimum atomic E-state index is -4.88. The van der Waals surface area contributed by atoms with Crippen molar-refractivity contribution in [3.8, 4) is 28.6 Å². The summed E-state index contributed by atoms with van der Waals surface area (Å²) in [5.74, 6) is 1.66. The molecule has 1 atom stereocenters. The summed E-state index contributed by atoms with van der Waals surface area (Å²) >= 11 is 0. The van der Waals surface area contributed by atoms with Crippen LogP contribution >= 0.6 is 0 Å². The Morgan fingerprint density at radius 1 is 0.810 bits per heavy atom. The quantitative estimate of drug-likeness (QED) is 0.140. The van der Waals surface area contributed by atoms with Crippen LogP contribution in [0.1, 0.15) is 28.8 Å². The molecule has 0 unspecified atom stereocenters. The number of sulfonamides is 2. The van der Waals surface area contributed by atoms with E-state index in [9.17, 15) is 18.3 Å². The summed E-state index contributed by atoms with van der Waals surface area (Å²) in [6, 6.07) is 23.1. The highest BCUT2D eigenvalue weighted by molar-refractivity contribution is 7.92. The normalized spacial score (nSPS) is 15.4. The zero-order chi connectivity index (χ0) is 44.3. The van der Waals surface area contributed by atoms with E-state index in [-0.39, 0.29) is 50.5 Å². The van der Waals surface area contributed by atoms with E-state index in [1.54, 1.807) is 86.4 Å². The van der Waals surface area contributed by atoms with E-state index in [0.717, 1.165) is 16.2 Å². The lowest BCUT2D eigenvalue weighted by molar-refractivity contribution is 0.155. The van der Waals surface area contributed by atoms with Crippen LogP contribution in [0.25, 0.3) is 11.4 Å².